The van der Waals surface area contributed by atoms with Crippen LogP contribution in [-0.4, -0.2) is 24.5 Å². The van der Waals surface area contributed by atoms with Crippen LogP contribution in [0.2, 0.25) is 0 Å². The molecule has 9 heteroatoms. The molecular formula is C25H20F3N5S. The van der Waals surface area contributed by atoms with E-state index < -0.39 is 11.7 Å². The zero-order chi connectivity index (χ0) is 23.7. The molecule has 5 rings (SSSR count). The fraction of sp³-hybridized carbons (Fsp3) is 0.160. The van der Waals surface area contributed by atoms with Crippen LogP contribution in [0, 0.1) is 0 Å². The highest BCUT2D eigenvalue weighted by atomic mass is 32.1. The maximum atomic E-state index is 13.4. The normalized spacial score (nSPS) is 18.2. The minimum atomic E-state index is -4.43. The highest BCUT2D eigenvalue weighted by Gasteiger charge is 2.41. The Balaban J connectivity index is 1.60. The van der Waals surface area contributed by atoms with Gasteiger partial charge in [0.1, 0.15) is 0 Å². The summed E-state index contributed by atoms with van der Waals surface area (Å²) < 4.78 is 42.0. The van der Waals surface area contributed by atoms with E-state index in [1.165, 1.54) is 6.07 Å². The molecule has 2 unspecified atom stereocenters. The van der Waals surface area contributed by atoms with Gasteiger partial charge in [-0.3, -0.25) is 9.97 Å². The number of nitrogens with one attached hydrogen (secondary N) is 1. The van der Waals surface area contributed by atoms with Gasteiger partial charge in [-0.2, -0.15) is 13.2 Å². The monoisotopic (exact) mass is 479 g/mol. The smallest absolute Gasteiger partial charge is 0.352 e. The minimum Gasteiger partial charge on any atom is -0.352 e. The largest absolute Gasteiger partial charge is 0.416 e. The average molecular weight is 480 g/mol. The number of pyridine rings is 2. The van der Waals surface area contributed by atoms with Gasteiger partial charge in [0.25, 0.3) is 0 Å². The van der Waals surface area contributed by atoms with Gasteiger partial charge in [-0.1, -0.05) is 18.2 Å². The lowest BCUT2D eigenvalue weighted by Gasteiger charge is -2.29. The summed E-state index contributed by atoms with van der Waals surface area (Å²) in [5.74, 6) is 0. The van der Waals surface area contributed by atoms with E-state index in [-0.39, 0.29) is 12.1 Å². The number of hydrogen-bond donors (Lipinski definition) is 1. The molecule has 0 radical (unpaired) electrons. The van der Waals surface area contributed by atoms with Gasteiger partial charge < -0.3 is 14.8 Å². The number of halogens is 3. The molecule has 2 atom stereocenters. The Morgan fingerprint density at radius 3 is 2.59 bits per heavy atom. The first-order chi connectivity index (χ1) is 16.4. The van der Waals surface area contributed by atoms with Gasteiger partial charge in [0.15, 0.2) is 5.11 Å². The summed E-state index contributed by atoms with van der Waals surface area (Å²) in [5.41, 5.74) is 2.29. The molecule has 0 aliphatic carbocycles. The van der Waals surface area contributed by atoms with Gasteiger partial charge >= 0.3 is 6.18 Å². The first kappa shape index (κ1) is 22.1. The maximum absolute atomic E-state index is 13.4. The molecule has 172 valence electrons. The molecule has 1 saturated heterocycles. The zero-order valence-electron chi connectivity index (χ0n) is 17.9. The van der Waals surface area contributed by atoms with E-state index in [1.54, 1.807) is 35.4 Å². The molecule has 0 amide bonds. The fourth-order valence-corrected chi connectivity index (χ4v) is 4.59. The molecule has 1 N–H and O–H groups in total. The summed E-state index contributed by atoms with van der Waals surface area (Å²) in [5, 5.41) is 3.92. The molecule has 1 fully saturated rings. The lowest BCUT2D eigenvalue weighted by Crippen LogP contribution is -2.30. The van der Waals surface area contributed by atoms with Gasteiger partial charge in [-0.05, 0) is 66.3 Å². The number of aromatic nitrogens is 3. The summed E-state index contributed by atoms with van der Waals surface area (Å²) >= 11 is 5.71. The predicted molar refractivity (Wildman–Crippen MR) is 126 cm³/mol. The third-order valence-electron chi connectivity index (χ3n) is 5.81. The van der Waals surface area contributed by atoms with Crippen molar-refractivity contribution in [3.05, 3.63) is 114 Å². The Morgan fingerprint density at radius 2 is 1.85 bits per heavy atom. The average Bonchev–Trinajstić information content (AvgIpc) is 3.45. The number of alkyl halides is 3. The van der Waals surface area contributed by atoms with Crippen molar-refractivity contribution < 1.29 is 13.2 Å². The van der Waals surface area contributed by atoms with Crippen molar-refractivity contribution in [2.24, 2.45) is 0 Å². The molecule has 34 heavy (non-hydrogen) atoms. The van der Waals surface area contributed by atoms with E-state index >= 15 is 0 Å². The summed E-state index contributed by atoms with van der Waals surface area (Å²) in [4.78, 5) is 10.8. The number of rotatable bonds is 5. The standard InChI is InChI=1S/C25H20F3N5S/c26-25(27,28)18-7-3-8-19(14-18)32-13-5-10-21(32)23-22(20-9-1-2-12-30-20)31-24(34)33(23)16-17-6-4-11-29-15-17/h1-15,22-23H,16H2,(H,31,34). The lowest BCUT2D eigenvalue weighted by atomic mass is 10.0. The predicted octanol–water partition coefficient (Wildman–Crippen LogP) is 5.46. The van der Waals surface area contributed by atoms with Gasteiger partial charge in [0, 0.05) is 42.7 Å². The van der Waals surface area contributed by atoms with Crippen LogP contribution in [0.1, 0.15) is 34.6 Å². The van der Waals surface area contributed by atoms with Crippen LogP contribution in [0.15, 0.2) is 91.5 Å². The Labute approximate surface area is 199 Å². The summed E-state index contributed by atoms with van der Waals surface area (Å²) in [6.45, 7) is 0.488. The molecule has 0 bridgehead atoms. The summed E-state index contributed by atoms with van der Waals surface area (Å²) in [6.07, 6.45) is 2.54. The first-order valence-electron chi connectivity index (χ1n) is 10.6. The maximum Gasteiger partial charge on any atom is 0.416 e. The molecule has 0 spiro atoms. The van der Waals surface area contributed by atoms with Crippen molar-refractivity contribution in [2.45, 2.75) is 24.8 Å². The molecule has 5 nitrogen and oxygen atoms in total. The number of hydrogen-bond acceptors (Lipinski definition) is 3. The van der Waals surface area contributed by atoms with Gasteiger partial charge in [0.2, 0.25) is 0 Å². The van der Waals surface area contributed by atoms with Gasteiger partial charge in [-0.15, -0.1) is 0 Å². The van der Waals surface area contributed by atoms with Crippen LogP contribution in [0.5, 0.6) is 0 Å². The van der Waals surface area contributed by atoms with E-state index in [0.717, 1.165) is 29.1 Å². The van der Waals surface area contributed by atoms with Crippen molar-refractivity contribution in [1.82, 2.24) is 24.8 Å². The van der Waals surface area contributed by atoms with Gasteiger partial charge in [-0.25, -0.2) is 0 Å². The number of nitrogens with zero attached hydrogens (tertiary/aromatic N) is 4. The topological polar surface area (TPSA) is 46.0 Å². The lowest BCUT2D eigenvalue weighted by molar-refractivity contribution is -0.137. The summed E-state index contributed by atoms with van der Waals surface area (Å²) in [6, 6.07) is 17.9. The second-order valence-corrected chi connectivity index (χ2v) is 8.35. The van der Waals surface area contributed by atoms with Crippen LogP contribution in [0.3, 0.4) is 0 Å². The number of benzene rings is 1. The first-order valence-corrected chi connectivity index (χ1v) is 11.0. The van der Waals surface area contributed by atoms with E-state index in [2.05, 4.69) is 15.3 Å². The molecule has 1 aromatic carbocycles. The van der Waals surface area contributed by atoms with Crippen molar-refractivity contribution in [2.75, 3.05) is 0 Å². The Morgan fingerprint density at radius 1 is 0.971 bits per heavy atom. The van der Waals surface area contributed by atoms with E-state index in [9.17, 15) is 13.2 Å². The molecule has 3 aromatic heterocycles. The van der Waals surface area contributed by atoms with E-state index in [1.807, 2.05) is 47.4 Å². The summed E-state index contributed by atoms with van der Waals surface area (Å²) in [7, 11) is 0. The molecule has 1 aliphatic heterocycles. The Kier molecular flexibility index (Phi) is 5.79. The molecule has 1 aliphatic rings. The molecule has 4 heterocycles. The highest BCUT2D eigenvalue weighted by Crippen LogP contribution is 2.40. The van der Waals surface area contributed by atoms with Crippen LogP contribution in [0.25, 0.3) is 5.69 Å². The Bertz CT molecular complexity index is 1290. The van der Waals surface area contributed by atoms with E-state index in [0.29, 0.717) is 17.3 Å². The van der Waals surface area contributed by atoms with Crippen molar-refractivity contribution in [1.29, 1.82) is 0 Å². The quantitative estimate of drug-likeness (QED) is 0.385. The van der Waals surface area contributed by atoms with Crippen LogP contribution >= 0.6 is 12.2 Å². The SMILES string of the molecule is FC(F)(F)c1cccc(-n2cccc2C2C(c3ccccn3)NC(=S)N2Cc2cccnc2)c1. The fourth-order valence-electron chi connectivity index (χ4n) is 4.29. The van der Waals surface area contributed by atoms with Gasteiger partial charge in [0.05, 0.1) is 23.3 Å². The third-order valence-corrected chi connectivity index (χ3v) is 6.16. The van der Waals surface area contributed by atoms with Crippen molar-refractivity contribution in [3.63, 3.8) is 0 Å². The second-order valence-electron chi connectivity index (χ2n) is 7.97. The molecule has 0 saturated carbocycles. The number of thiocarbonyl (C=S) groups is 1. The molecular weight excluding hydrogens is 459 g/mol. The minimum absolute atomic E-state index is 0.287. The van der Waals surface area contributed by atoms with E-state index in [4.69, 9.17) is 12.2 Å². The molecule has 4 aromatic rings. The van der Waals surface area contributed by atoms with Crippen LogP contribution in [-0.2, 0) is 12.7 Å². The Hall–Kier alpha value is -3.72. The zero-order valence-corrected chi connectivity index (χ0v) is 18.7. The third kappa shape index (κ3) is 4.26. The highest BCUT2D eigenvalue weighted by molar-refractivity contribution is 7.80. The second kappa shape index (κ2) is 8.90. The van der Waals surface area contributed by atoms with Crippen molar-refractivity contribution in [3.8, 4) is 5.69 Å². The van der Waals surface area contributed by atoms with Crippen LogP contribution in [0.4, 0.5) is 13.2 Å². The van der Waals surface area contributed by atoms with Crippen molar-refractivity contribution >= 4 is 17.3 Å². The van der Waals surface area contributed by atoms with Crippen LogP contribution < -0.4 is 5.32 Å².